The number of amides is 1. The van der Waals surface area contributed by atoms with Gasteiger partial charge in [-0.1, -0.05) is 5.21 Å². The summed E-state index contributed by atoms with van der Waals surface area (Å²) >= 11 is 0. The number of piperazine rings is 1. The van der Waals surface area contributed by atoms with Crippen LogP contribution in [0.25, 0.3) is 5.69 Å². The van der Waals surface area contributed by atoms with E-state index in [4.69, 9.17) is 4.74 Å². The van der Waals surface area contributed by atoms with Crippen LogP contribution in [-0.2, 0) is 11.4 Å². The van der Waals surface area contributed by atoms with Crippen LogP contribution in [0.2, 0.25) is 0 Å². The van der Waals surface area contributed by atoms with E-state index in [0.717, 1.165) is 38.5 Å². The predicted octanol–water partition coefficient (Wildman–Crippen LogP) is 1.80. The van der Waals surface area contributed by atoms with Crippen LogP contribution < -0.4 is 19.7 Å². The van der Waals surface area contributed by atoms with Crippen molar-refractivity contribution < 1.29 is 23.0 Å². The average molecular weight is 503 g/mol. The number of hydrogen-bond donors (Lipinski definition) is 1. The summed E-state index contributed by atoms with van der Waals surface area (Å²) in [6.07, 6.45) is 0. The Balaban J connectivity index is 1.31. The molecule has 192 valence electrons. The van der Waals surface area contributed by atoms with E-state index in [-0.39, 0.29) is 18.3 Å². The molecule has 1 fully saturated rings. The summed E-state index contributed by atoms with van der Waals surface area (Å²) in [5, 5.41) is 19.6. The summed E-state index contributed by atoms with van der Waals surface area (Å²) in [6.45, 7) is 5.46. The van der Waals surface area contributed by atoms with E-state index < -0.39 is 6.61 Å². The van der Waals surface area contributed by atoms with Crippen molar-refractivity contribution in [2.75, 3.05) is 44.2 Å². The first-order valence-corrected chi connectivity index (χ1v) is 11.5. The second-order valence-electron chi connectivity index (χ2n) is 8.24. The lowest BCUT2D eigenvalue weighted by molar-refractivity contribution is -0.119. The zero-order chi connectivity index (χ0) is 25.5. The molecular formula is C23H28F2N8O3. The van der Waals surface area contributed by atoms with Crippen LogP contribution in [0.1, 0.15) is 18.3 Å². The number of aryl methyl sites for hydroxylation is 1. The van der Waals surface area contributed by atoms with Gasteiger partial charge < -0.3 is 19.7 Å². The topological polar surface area (TPSA) is 111 Å². The molecule has 0 radical (unpaired) electrons. The zero-order valence-corrected chi connectivity index (χ0v) is 20.1. The second-order valence-corrected chi connectivity index (χ2v) is 8.24. The lowest BCUT2D eigenvalue weighted by Gasteiger charge is -2.35. The third kappa shape index (κ3) is 6.62. The largest absolute Gasteiger partial charge is 0.470 e. The molecule has 11 nitrogen and oxygen atoms in total. The molecular weight excluding hydrogens is 474 g/mol. The van der Waals surface area contributed by atoms with E-state index in [1.54, 1.807) is 29.8 Å². The molecule has 2 aromatic heterocycles. The first-order chi connectivity index (χ1) is 17.4. The van der Waals surface area contributed by atoms with Gasteiger partial charge in [0.15, 0.2) is 5.82 Å². The highest BCUT2D eigenvalue weighted by Crippen LogP contribution is 2.20. The molecule has 1 saturated heterocycles. The average Bonchev–Trinajstić information content (AvgIpc) is 3.23. The Labute approximate surface area is 207 Å². The fourth-order valence-corrected chi connectivity index (χ4v) is 3.81. The molecule has 0 aliphatic carbocycles. The Hall–Kier alpha value is -3.87. The third-order valence-corrected chi connectivity index (χ3v) is 5.74. The van der Waals surface area contributed by atoms with Gasteiger partial charge >= 0.3 is 6.61 Å². The number of rotatable bonds is 10. The molecule has 4 rings (SSSR count). The van der Waals surface area contributed by atoms with Gasteiger partial charge in [-0.2, -0.15) is 8.78 Å². The molecule has 0 atom stereocenters. The van der Waals surface area contributed by atoms with E-state index in [9.17, 15) is 13.6 Å². The summed E-state index contributed by atoms with van der Waals surface area (Å²) in [5.74, 6) is 1.18. The number of nitrogens with zero attached hydrogens (tertiary/aromatic N) is 7. The van der Waals surface area contributed by atoms with Crippen LogP contribution in [0.3, 0.4) is 0 Å². The monoisotopic (exact) mass is 502 g/mol. The van der Waals surface area contributed by atoms with E-state index in [0.29, 0.717) is 29.5 Å². The van der Waals surface area contributed by atoms with Gasteiger partial charge in [0.25, 0.3) is 0 Å². The lowest BCUT2D eigenvalue weighted by Crippen LogP contribution is -2.48. The van der Waals surface area contributed by atoms with Gasteiger partial charge in [-0.05, 0) is 37.3 Å². The maximum absolute atomic E-state index is 12.4. The van der Waals surface area contributed by atoms with Gasteiger partial charge in [-0.15, -0.1) is 15.3 Å². The number of anilines is 1. The van der Waals surface area contributed by atoms with Crippen molar-refractivity contribution in [3.8, 4) is 17.3 Å². The number of nitrogens with one attached hydrogen (secondary N) is 1. The molecule has 3 heterocycles. The summed E-state index contributed by atoms with van der Waals surface area (Å²) in [7, 11) is 0. The first-order valence-electron chi connectivity index (χ1n) is 11.5. The fraction of sp³-hybridized carbons (Fsp3) is 0.435. The fourth-order valence-electron chi connectivity index (χ4n) is 3.81. The van der Waals surface area contributed by atoms with Gasteiger partial charge in [0.2, 0.25) is 11.8 Å². The molecule has 1 aliphatic rings. The van der Waals surface area contributed by atoms with Crippen molar-refractivity contribution in [1.82, 2.24) is 35.4 Å². The van der Waals surface area contributed by atoms with Crippen LogP contribution in [0, 0.1) is 6.92 Å². The number of carbonyl (C=O) groups excluding carboxylic acids is 1. The highest BCUT2D eigenvalue weighted by atomic mass is 19.3. The molecule has 1 amide bonds. The van der Waals surface area contributed by atoms with Gasteiger partial charge in [-0.3, -0.25) is 9.69 Å². The minimum atomic E-state index is -2.88. The first kappa shape index (κ1) is 25.2. The SMILES string of the molecule is CC(=O)NCCN1CCN(c2ccc(OCc3c(C)nnn3-c3ccc(OC(F)F)cc3)nn2)CC1. The maximum atomic E-state index is 12.4. The van der Waals surface area contributed by atoms with Gasteiger partial charge in [0, 0.05) is 52.3 Å². The number of halogens is 2. The quantitative estimate of drug-likeness (QED) is 0.444. The van der Waals surface area contributed by atoms with Crippen LogP contribution in [0.5, 0.6) is 11.6 Å². The predicted molar refractivity (Wildman–Crippen MR) is 126 cm³/mol. The number of aromatic nitrogens is 5. The number of carbonyl (C=O) groups is 1. The lowest BCUT2D eigenvalue weighted by atomic mass is 10.3. The number of alkyl halides is 2. The maximum Gasteiger partial charge on any atom is 0.387 e. The summed E-state index contributed by atoms with van der Waals surface area (Å²) < 4.78 is 36.6. The van der Waals surface area contributed by atoms with E-state index >= 15 is 0 Å². The van der Waals surface area contributed by atoms with Gasteiger partial charge in [0.1, 0.15) is 18.1 Å². The van der Waals surface area contributed by atoms with Crippen molar-refractivity contribution in [2.45, 2.75) is 27.1 Å². The second kappa shape index (κ2) is 11.7. The Morgan fingerprint density at radius 1 is 1.06 bits per heavy atom. The molecule has 36 heavy (non-hydrogen) atoms. The Morgan fingerprint density at radius 2 is 1.81 bits per heavy atom. The molecule has 1 aliphatic heterocycles. The number of benzene rings is 1. The molecule has 0 unspecified atom stereocenters. The van der Waals surface area contributed by atoms with Crippen molar-refractivity contribution in [3.05, 3.63) is 47.8 Å². The van der Waals surface area contributed by atoms with E-state index in [2.05, 4.69) is 40.4 Å². The smallest absolute Gasteiger partial charge is 0.387 e. The van der Waals surface area contributed by atoms with Crippen LogP contribution in [0.4, 0.5) is 14.6 Å². The van der Waals surface area contributed by atoms with Gasteiger partial charge in [-0.25, -0.2) is 4.68 Å². The minimum absolute atomic E-state index is 0.0153. The Morgan fingerprint density at radius 3 is 2.44 bits per heavy atom. The number of hydrogen-bond acceptors (Lipinski definition) is 9. The van der Waals surface area contributed by atoms with Crippen LogP contribution >= 0.6 is 0 Å². The van der Waals surface area contributed by atoms with Crippen molar-refractivity contribution in [3.63, 3.8) is 0 Å². The van der Waals surface area contributed by atoms with Crippen molar-refractivity contribution >= 4 is 11.7 Å². The van der Waals surface area contributed by atoms with E-state index in [1.807, 2.05) is 6.07 Å². The van der Waals surface area contributed by atoms with Crippen LogP contribution in [0.15, 0.2) is 36.4 Å². The normalized spacial score (nSPS) is 14.2. The number of ether oxygens (including phenoxy) is 2. The minimum Gasteiger partial charge on any atom is -0.470 e. The third-order valence-electron chi connectivity index (χ3n) is 5.74. The summed E-state index contributed by atoms with van der Waals surface area (Å²) in [5.41, 5.74) is 2.00. The summed E-state index contributed by atoms with van der Waals surface area (Å²) in [6, 6.07) is 9.75. The zero-order valence-electron chi connectivity index (χ0n) is 20.1. The molecule has 0 saturated carbocycles. The standard InChI is InChI=1S/C23H28F2N8O3/c1-16-20(33(30-27-16)18-3-5-19(6-4-18)36-23(24)25)15-35-22-8-7-21(28-29-22)32-13-11-31(12-14-32)10-9-26-17(2)34/h3-8,23H,9-15H2,1-2H3,(H,26,34). The Bertz CT molecular complexity index is 1130. The van der Waals surface area contributed by atoms with Crippen molar-refractivity contribution in [2.24, 2.45) is 0 Å². The van der Waals surface area contributed by atoms with Crippen LogP contribution in [-0.4, -0.2) is 81.9 Å². The molecule has 1 N–H and O–H groups in total. The highest BCUT2D eigenvalue weighted by molar-refractivity contribution is 5.72. The van der Waals surface area contributed by atoms with E-state index in [1.165, 1.54) is 19.1 Å². The summed E-state index contributed by atoms with van der Waals surface area (Å²) in [4.78, 5) is 15.5. The molecule has 0 bridgehead atoms. The highest BCUT2D eigenvalue weighted by Gasteiger charge is 2.19. The molecule has 0 spiro atoms. The molecule has 13 heteroatoms. The van der Waals surface area contributed by atoms with Crippen molar-refractivity contribution in [1.29, 1.82) is 0 Å². The Kier molecular flexibility index (Phi) is 8.21. The molecule has 1 aromatic carbocycles. The van der Waals surface area contributed by atoms with Gasteiger partial charge in [0.05, 0.1) is 11.4 Å². The molecule has 3 aromatic rings.